The molecule has 0 fully saturated rings. The van der Waals surface area contributed by atoms with Crippen LogP contribution in [0.4, 0.5) is 19.0 Å². The Hall–Kier alpha value is -2.29. The van der Waals surface area contributed by atoms with Crippen LogP contribution in [0.25, 0.3) is 0 Å². The summed E-state index contributed by atoms with van der Waals surface area (Å²) in [5.74, 6) is -0.0400. The minimum atomic E-state index is -4.65. The number of alkyl halides is 3. The number of rotatable bonds is 3. The third-order valence-corrected chi connectivity index (χ3v) is 3.29. The second kappa shape index (κ2) is 5.60. The third kappa shape index (κ3) is 3.63. The van der Waals surface area contributed by atoms with Crippen LogP contribution < -0.4 is 11.3 Å². The summed E-state index contributed by atoms with van der Waals surface area (Å²) >= 11 is 0.803. The van der Waals surface area contributed by atoms with E-state index in [0.717, 1.165) is 30.0 Å². The van der Waals surface area contributed by atoms with E-state index in [9.17, 15) is 22.8 Å². The number of nitrogens with zero attached hydrogens (tertiary/aromatic N) is 1. The molecule has 1 heterocycles. The number of benzene rings is 1. The van der Waals surface area contributed by atoms with Crippen molar-refractivity contribution in [3.05, 3.63) is 45.7 Å². The molecule has 110 valence electrons. The average Bonchev–Trinajstić information content (AvgIpc) is 2.36. The van der Waals surface area contributed by atoms with E-state index in [4.69, 9.17) is 5.73 Å². The van der Waals surface area contributed by atoms with E-state index in [-0.39, 0.29) is 22.2 Å². The smallest absolute Gasteiger partial charge is 0.383 e. The molecule has 0 aliphatic rings. The molecule has 0 aliphatic carbocycles. The van der Waals surface area contributed by atoms with Crippen LogP contribution in [-0.4, -0.2) is 16.3 Å². The monoisotopic (exact) mass is 315 g/mol. The molecule has 0 bridgehead atoms. The molecule has 2 aromatic rings. The Morgan fingerprint density at radius 1 is 1.29 bits per heavy atom. The summed E-state index contributed by atoms with van der Waals surface area (Å²) in [5.41, 5.74) is 3.37. The van der Waals surface area contributed by atoms with Gasteiger partial charge in [0.2, 0.25) is 0 Å². The van der Waals surface area contributed by atoms with Crippen LogP contribution in [-0.2, 0) is 6.18 Å². The Labute approximate surface area is 120 Å². The Morgan fingerprint density at radius 2 is 2.00 bits per heavy atom. The fourth-order valence-corrected chi connectivity index (χ4v) is 2.40. The highest BCUT2D eigenvalue weighted by molar-refractivity contribution is 7.99. The molecule has 5 nitrogen and oxygen atoms in total. The highest BCUT2D eigenvalue weighted by atomic mass is 32.2. The molecule has 0 unspecified atom stereocenters. The molecule has 0 aliphatic heterocycles. The van der Waals surface area contributed by atoms with E-state index in [1.54, 1.807) is 0 Å². The standard InChI is InChI=1S/C12H8F3N3O2S/c13-12(14,15)8-3-7(2-1-6(8)5-19)21-11-17-9(16)4-10(20)18-11/h1-5H,(H3,16,17,18,20). The number of carbonyl (C=O) groups is 1. The number of nitrogen functional groups attached to an aromatic ring is 1. The fourth-order valence-electron chi connectivity index (χ4n) is 1.56. The number of nitrogens with one attached hydrogen (secondary N) is 1. The van der Waals surface area contributed by atoms with Gasteiger partial charge in [0.1, 0.15) is 5.82 Å². The quantitative estimate of drug-likeness (QED) is 0.670. The van der Waals surface area contributed by atoms with Crippen LogP contribution in [0.3, 0.4) is 0 Å². The van der Waals surface area contributed by atoms with E-state index >= 15 is 0 Å². The van der Waals surface area contributed by atoms with Gasteiger partial charge in [0.25, 0.3) is 5.56 Å². The van der Waals surface area contributed by atoms with Crippen LogP contribution in [0.2, 0.25) is 0 Å². The molecule has 0 radical (unpaired) electrons. The second-order valence-corrected chi connectivity index (χ2v) is 5.00. The predicted octanol–water partition coefficient (Wildman–Crippen LogP) is 2.33. The molecule has 3 N–H and O–H groups in total. The molecule has 1 aromatic heterocycles. The van der Waals surface area contributed by atoms with E-state index in [1.807, 2.05) is 0 Å². The van der Waals surface area contributed by atoms with Gasteiger partial charge in [0, 0.05) is 16.5 Å². The van der Waals surface area contributed by atoms with E-state index in [2.05, 4.69) is 9.97 Å². The second-order valence-electron chi connectivity index (χ2n) is 3.94. The number of aromatic amines is 1. The van der Waals surface area contributed by atoms with Crippen LogP contribution in [0.1, 0.15) is 15.9 Å². The number of H-pyrrole nitrogens is 1. The molecule has 0 spiro atoms. The zero-order valence-electron chi connectivity index (χ0n) is 10.3. The van der Waals surface area contributed by atoms with Gasteiger partial charge >= 0.3 is 6.18 Å². The van der Waals surface area contributed by atoms with Crippen molar-refractivity contribution in [3.8, 4) is 0 Å². The first-order valence-corrected chi connectivity index (χ1v) is 6.32. The summed E-state index contributed by atoms with van der Waals surface area (Å²) in [7, 11) is 0. The number of carbonyl (C=O) groups excluding carboxylic acids is 1. The van der Waals surface area contributed by atoms with Gasteiger partial charge in [0.05, 0.1) is 5.56 Å². The molecule has 9 heteroatoms. The lowest BCUT2D eigenvalue weighted by atomic mass is 10.1. The highest BCUT2D eigenvalue weighted by Gasteiger charge is 2.33. The Bertz CT molecular complexity index is 743. The number of hydrogen-bond acceptors (Lipinski definition) is 5. The van der Waals surface area contributed by atoms with Gasteiger partial charge in [-0.15, -0.1) is 0 Å². The van der Waals surface area contributed by atoms with Gasteiger partial charge in [0.15, 0.2) is 11.4 Å². The predicted molar refractivity (Wildman–Crippen MR) is 70.2 cm³/mol. The zero-order chi connectivity index (χ0) is 15.6. The highest BCUT2D eigenvalue weighted by Crippen LogP contribution is 2.35. The molecule has 0 saturated heterocycles. The van der Waals surface area contributed by atoms with E-state index in [1.165, 1.54) is 6.07 Å². The lowest BCUT2D eigenvalue weighted by Crippen LogP contribution is -2.10. The van der Waals surface area contributed by atoms with Crippen molar-refractivity contribution < 1.29 is 18.0 Å². The third-order valence-electron chi connectivity index (χ3n) is 2.41. The van der Waals surface area contributed by atoms with Gasteiger partial charge in [-0.25, -0.2) is 4.98 Å². The first kappa shape index (κ1) is 15.1. The van der Waals surface area contributed by atoms with Gasteiger partial charge < -0.3 is 10.7 Å². The Kier molecular flexibility index (Phi) is 4.03. The number of nitrogens with two attached hydrogens (primary N) is 1. The van der Waals surface area contributed by atoms with Gasteiger partial charge in [-0.1, -0.05) is 11.8 Å². The molecular formula is C12H8F3N3O2S. The number of aldehydes is 1. The molecular weight excluding hydrogens is 307 g/mol. The number of halogens is 3. The minimum absolute atomic E-state index is 0.0400. The number of aromatic nitrogens is 2. The van der Waals surface area contributed by atoms with Crippen molar-refractivity contribution in [2.45, 2.75) is 16.2 Å². The molecule has 2 rings (SSSR count). The Balaban J connectivity index is 2.41. The molecule has 0 saturated carbocycles. The van der Waals surface area contributed by atoms with Gasteiger partial charge in [-0.05, 0) is 18.2 Å². The first-order valence-electron chi connectivity index (χ1n) is 5.50. The molecule has 1 aromatic carbocycles. The molecule has 0 amide bonds. The fraction of sp³-hybridized carbons (Fsp3) is 0.0833. The van der Waals surface area contributed by atoms with Crippen molar-refractivity contribution in [2.24, 2.45) is 0 Å². The lowest BCUT2D eigenvalue weighted by molar-refractivity contribution is -0.138. The van der Waals surface area contributed by atoms with E-state index < -0.39 is 22.9 Å². The summed E-state index contributed by atoms with van der Waals surface area (Å²) in [6.07, 6.45) is -4.51. The topological polar surface area (TPSA) is 88.8 Å². The summed E-state index contributed by atoms with van der Waals surface area (Å²) in [4.78, 5) is 28.2. The van der Waals surface area contributed by atoms with Crippen LogP contribution in [0.5, 0.6) is 0 Å². The lowest BCUT2D eigenvalue weighted by Gasteiger charge is -2.11. The first-order chi connectivity index (χ1) is 9.79. The van der Waals surface area contributed by atoms with Crippen LogP contribution >= 0.6 is 11.8 Å². The summed E-state index contributed by atoms with van der Waals surface area (Å²) in [5, 5.41) is 0.0620. The van der Waals surface area contributed by atoms with Crippen LogP contribution in [0.15, 0.2) is 39.1 Å². The SMILES string of the molecule is Nc1cc(=O)[nH]c(Sc2ccc(C=O)c(C(F)(F)F)c2)n1. The summed E-state index contributed by atoms with van der Waals surface area (Å²) in [6, 6.07) is 4.26. The average molecular weight is 315 g/mol. The van der Waals surface area contributed by atoms with Crippen molar-refractivity contribution in [3.63, 3.8) is 0 Å². The summed E-state index contributed by atoms with van der Waals surface area (Å²) in [6.45, 7) is 0. The normalized spacial score (nSPS) is 11.4. The number of hydrogen-bond donors (Lipinski definition) is 2. The number of anilines is 1. The maximum Gasteiger partial charge on any atom is 0.417 e. The van der Waals surface area contributed by atoms with Crippen molar-refractivity contribution >= 4 is 23.9 Å². The maximum atomic E-state index is 12.8. The zero-order valence-corrected chi connectivity index (χ0v) is 11.1. The minimum Gasteiger partial charge on any atom is -0.383 e. The molecule has 0 atom stereocenters. The van der Waals surface area contributed by atoms with E-state index in [0.29, 0.717) is 0 Å². The molecule has 21 heavy (non-hydrogen) atoms. The maximum absolute atomic E-state index is 12.8. The Morgan fingerprint density at radius 3 is 2.57 bits per heavy atom. The van der Waals surface area contributed by atoms with Crippen molar-refractivity contribution in [1.29, 1.82) is 0 Å². The van der Waals surface area contributed by atoms with Crippen LogP contribution in [0, 0.1) is 0 Å². The summed E-state index contributed by atoms with van der Waals surface area (Å²) < 4.78 is 38.5. The van der Waals surface area contributed by atoms with Crippen molar-refractivity contribution in [2.75, 3.05) is 5.73 Å². The van der Waals surface area contributed by atoms with Gasteiger partial charge in [-0.3, -0.25) is 9.59 Å². The van der Waals surface area contributed by atoms with Gasteiger partial charge in [-0.2, -0.15) is 13.2 Å². The largest absolute Gasteiger partial charge is 0.417 e. The van der Waals surface area contributed by atoms with Crippen molar-refractivity contribution in [1.82, 2.24) is 9.97 Å².